The van der Waals surface area contributed by atoms with E-state index in [0.717, 1.165) is 128 Å². The molecular formula is C44H74O7. The largest absolute Gasteiger partial charge is 0.418 e. The smallest absolute Gasteiger partial charge is 0.303 e. The fraction of sp³-hybridized carbons (Fsp3) is 0.727. The second kappa shape index (κ2) is 30.6. The molecule has 0 spiro atoms. The van der Waals surface area contributed by atoms with Crippen molar-refractivity contribution in [3.63, 3.8) is 0 Å². The first-order chi connectivity index (χ1) is 25.1. The minimum atomic E-state index is -1.82. The van der Waals surface area contributed by atoms with E-state index in [2.05, 4.69) is 88.4 Å². The van der Waals surface area contributed by atoms with Gasteiger partial charge < -0.3 is 28.4 Å². The summed E-state index contributed by atoms with van der Waals surface area (Å²) in [6.45, 7) is 11.3. The Kier molecular flexibility index (Phi) is 27.2. The van der Waals surface area contributed by atoms with Gasteiger partial charge in [0.05, 0.1) is 39.6 Å². The van der Waals surface area contributed by atoms with Crippen molar-refractivity contribution in [3.8, 4) is 0 Å². The Balaban J connectivity index is 2.25. The lowest BCUT2D eigenvalue weighted by molar-refractivity contribution is -0.620. The molecule has 0 bridgehead atoms. The number of hydrogen-bond acceptors (Lipinski definition) is 7. The third-order valence-electron chi connectivity index (χ3n) is 8.82. The molecule has 51 heavy (non-hydrogen) atoms. The van der Waals surface area contributed by atoms with E-state index in [1.165, 1.54) is 11.1 Å². The van der Waals surface area contributed by atoms with E-state index >= 15 is 0 Å². The number of unbranched alkanes of at least 4 members (excludes halogenated alkanes) is 12. The Bertz CT molecular complexity index is 913. The molecule has 0 saturated heterocycles. The van der Waals surface area contributed by atoms with E-state index in [-0.39, 0.29) is 0 Å². The first-order valence-electron chi connectivity index (χ1n) is 20.7. The van der Waals surface area contributed by atoms with Gasteiger partial charge in [-0.1, -0.05) is 153 Å². The Morgan fingerprint density at radius 1 is 0.333 bits per heavy atom. The van der Waals surface area contributed by atoms with E-state index in [1.54, 1.807) is 0 Å². The third kappa shape index (κ3) is 22.1. The summed E-state index contributed by atoms with van der Waals surface area (Å²) >= 11 is 0. The van der Waals surface area contributed by atoms with Crippen molar-refractivity contribution in [2.24, 2.45) is 0 Å². The molecule has 0 aliphatic carbocycles. The monoisotopic (exact) mass is 715 g/mol. The van der Waals surface area contributed by atoms with E-state index in [1.807, 2.05) is 0 Å². The van der Waals surface area contributed by atoms with E-state index in [9.17, 15) is 0 Å². The van der Waals surface area contributed by atoms with Crippen LogP contribution in [-0.2, 0) is 46.0 Å². The Labute approximate surface area is 312 Å². The topological polar surface area (TPSA) is 64.6 Å². The summed E-state index contributed by atoms with van der Waals surface area (Å²) in [6, 6.07) is 21.3. The molecule has 0 atom stereocenters. The number of ether oxygens (including phenoxy) is 7. The fourth-order valence-electron chi connectivity index (χ4n) is 5.68. The molecule has 0 aromatic heterocycles. The summed E-state index contributed by atoms with van der Waals surface area (Å²) in [5, 5.41) is 0. The van der Waals surface area contributed by atoms with Gasteiger partial charge in [0, 0.05) is 0 Å². The maximum Gasteiger partial charge on any atom is 0.418 e. The van der Waals surface area contributed by atoms with Crippen LogP contribution in [0.4, 0.5) is 0 Å². The van der Waals surface area contributed by atoms with Crippen LogP contribution in [0.25, 0.3) is 0 Å². The van der Waals surface area contributed by atoms with Crippen LogP contribution in [-0.4, -0.2) is 52.0 Å². The normalized spacial score (nSPS) is 12.2. The van der Waals surface area contributed by atoms with Gasteiger partial charge in [0.25, 0.3) is 0 Å². The van der Waals surface area contributed by atoms with E-state index in [4.69, 9.17) is 33.2 Å². The van der Waals surface area contributed by atoms with Crippen molar-refractivity contribution in [2.75, 3.05) is 39.6 Å². The summed E-state index contributed by atoms with van der Waals surface area (Å²) in [5.41, 5.74) is 2.72. The number of rotatable bonds is 36. The summed E-state index contributed by atoms with van der Waals surface area (Å²) in [5.74, 6) is 0. The quantitative estimate of drug-likeness (QED) is 0.0514. The van der Waals surface area contributed by atoms with Crippen LogP contribution < -0.4 is 0 Å². The molecule has 0 heterocycles. The summed E-state index contributed by atoms with van der Waals surface area (Å²) in [7, 11) is 0. The van der Waals surface area contributed by atoms with Gasteiger partial charge in [-0.25, -0.2) is 4.74 Å². The molecule has 0 fully saturated rings. The average Bonchev–Trinajstić information content (AvgIpc) is 3.16. The van der Waals surface area contributed by atoms with Gasteiger partial charge in [0.15, 0.2) is 0 Å². The highest BCUT2D eigenvalue weighted by Gasteiger charge is 2.49. The summed E-state index contributed by atoms with van der Waals surface area (Å²) in [4.78, 5) is 0. The Hall–Kier alpha value is -1.84. The summed E-state index contributed by atoms with van der Waals surface area (Å²) < 4.78 is 45.8. The highest BCUT2D eigenvalue weighted by molar-refractivity contribution is 5.15. The number of hydrogen-bond donors (Lipinski definition) is 0. The van der Waals surface area contributed by atoms with Gasteiger partial charge in [0.2, 0.25) is 0 Å². The molecule has 0 unspecified atom stereocenters. The lowest BCUT2D eigenvalue weighted by atomic mass is 10.1. The molecule has 292 valence electrons. The minimum absolute atomic E-state index is 0.414. The zero-order valence-electron chi connectivity index (χ0n) is 33.0. The standard InChI is InChI=1S/C44H74O7/c1-5-9-23-35-45-43(46-36-24-10-6-2,49-39-27-15-21-33-41-29-17-13-18-30-41)51-44(47-37-25-11-7-3,48-38-26-12-8-4)50-40-28-16-22-34-42-31-19-14-20-32-42/h13-14,17-20,29-32H,5-12,15-16,21-28,33-40H2,1-4H3. The van der Waals surface area contributed by atoms with Gasteiger partial charge in [-0.2, -0.15) is 0 Å². The number of benzene rings is 2. The lowest BCUT2D eigenvalue weighted by Crippen LogP contribution is -2.55. The van der Waals surface area contributed by atoms with Crippen LogP contribution in [0.15, 0.2) is 60.7 Å². The zero-order chi connectivity index (χ0) is 36.6. The molecular weight excluding hydrogens is 640 g/mol. The van der Waals surface area contributed by atoms with Gasteiger partial charge in [-0.3, -0.25) is 0 Å². The van der Waals surface area contributed by atoms with Crippen LogP contribution in [0.1, 0.15) is 154 Å². The van der Waals surface area contributed by atoms with Gasteiger partial charge >= 0.3 is 12.3 Å². The zero-order valence-corrected chi connectivity index (χ0v) is 33.0. The molecule has 0 radical (unpaired) electrons. The van der Waals surface area contributed by atoms with Crippen LogP contribution >= 0.6 is 0 Å². The second-order valence-corrected chi connectivity index (χ2v) is 13.6. The second-order valence-electron chi connectivity index (χ2n) is 13.6. The molecule has 7 heteroatoms. The van der Waals surface area contributed by atoms with Crippen LogP contribution in [0, 0.1) is 0 Å². The molecule has 2 aromatic carbocycles. The molecule has 0 aliphatic heterocycles. The van der Waals surface area contributed by atoms with Gasteiger partial charge in [-0.05, 0) is 75.3 Å². The van der Waals surface area contributed by atoms with E-state index < -0.39 is 12.3 Å². The van der Waals surface area contributed by atoms with Crippen molar-refractivity contribution >= 4 is 0 Å². The van der Waals surface area contributed by atoms with Crippen molar-refractivity contribution in [1.82, 2.24) is 0 Å². The van der Waals surface area contributed by atoms with Crippen molar-refractivity contribution < 1.29 is 33.2 Å². The molecule has 2 rings (SSSR count). The predicted molar refractivity (Wildman–Crippen MR) is 208 cm³/mol. The lowest BCUT2D eigenvalue weighted by Gasteiger charge is -2.40. The predicted octanol–water partition coefficient (Wildman–Crippen LogP) is 11.9. The summed E-state index contributed by atoms with van der Waals surface area (Å²) in [6.07, 6.45) is 16.3. The highest BCUT2D eigenvalue weighted by Crippen LogP contribution is 2.31. The SMILES string of the molecule is CCCCCOC(OCCCCC)(OCCCCCc1ccccc1)OC(OCCCCC)(OCCCCC)OCCCCCc1ccccc1. The fourth-order valence-corrected chi connectivity index (χ4v) is 5.68. The minimum Gasteiger partial charge on any atom is -0.303 e. The Morgan fingerprint density at radius 3 is 0.882 bits per heavy atom. The van der Waals surface area contributed by atoms with Gasteiger partial charge in [-0.15, -0.1) is 0 Å². The van der Waals surface area contributed by atoms with Crippen LogP contribution in [0.5, 0.6) is 0 Å². The van der Waals surface area contributed by atoms with Crippen molar-refractivity contribution in [3.05, 3.63) is 71.8 Å². The van der Waals surface area contributed by atoms with Crippen LogP contribution in [0.3, 0.4) is 0 Å². The first-order valence-corrected chi connectivity index (χ1v) is 20.7. The molecule has 0 aliphatic rings. The average molecular weight is 715 g/mol. The van der Waals surface area contributed by atoms with Crippen molar-refractivity contribution in [2.45, 2.75) is 168 Å². The van der Waals surface area contributed by atoms with Crippen LogP contribution in [0.2, 0.25) is 0 Å². The molecule has 0 amide bonds. The Morgan fingerprint density at radius 2 is 0.608 bits per heavy atom. The maximum atomic E-state index is 6.77. The third-order valence-corrected chi connectivity index (χ3v) is 8.82. The number of aryl methyl sites for hydroxylation is 2. The highest BCUT2D eigenvalue weighted by atomic mass is 17.1. The maximum absolute atomic E-state index is 6.77. The van der Waals surface area contributed by atoms with Gasteiger partial charge in [0.1, 0.15) is 0 Å². The molecule has 0 saturated carbocycles. The molecule has 0 N–H and O–H groups in total. The first kappa shape index (κ1) is 45.3. The van der Waals surface area contributed by atoms with Crippen molar-refractivity contribution in [1.29, 1.82) is 0 Å². The molecule has 2 aromatic rings. The van der Waals surface area contributed by atoms with E-state index in [0.29, 0.717) is 39.6 Å². The molecule has 7 nitrogen and oxygen atoms in total.